The van der Waals surface area contributed by atoms with Crippen molar-refractivity contribution < 1.29 is 4.79 Å². The molecule has 2 heterocycles. The molecule has 0 unspecified atom stereocenters. The minimum atomic E-state index is 0.0169. The second-order valence-electron chi connectivity index (χ2n) is 8.01. The van der Waals surface area contributed by atoms with E-state index in [9.17, 15) is 4.79 Å². The van der Waals surface area contributed by atoms with E-state index in [1.54, 1.807) is 12.4 Å². The number of nitrogens with zero attached hydrogens (tertiary/aromatic N) is 4. The van der Waals surface area contributed by atoms with Gasteiger partial charge in [-0.3, -0.25) is 9.78 Å². The molecule has 0 radical (unpaired) electrons. The lowest BCUT2D eigenvalue weighted by Crippen LogP contribution is -2.39. The van der Waals surface area contributed by atoms with E-state index in [-0.39, 0.29) is 17.3 Å². The molecule has 1 aromatic carbocycles. The summed E-state index contributed by atoms with van der Waals surface area (Å²) in [6.07, 6.45) is 5.25. The van der Waals surface area contributed by atoms with Crippen molar-refractivity contribution in [2.24, 2.45) is 0 Å². The Kier molecular flexibility index (Phi) is 5.89. The molecule has 7 heteroatoms. The highest BCUT2D eigenvalue weighted by Gasteiger charge is 2.30. The minimum absolute atomic E-state index is 0.0169. The molecule has 0 bridgehead atoms. The first-order valence-corrected chi connectivity index (χ1v) is 11.4. The molecule has 3 aromatic rings. The Morgan fingerprint density at radius 3 is 2.47 bits per heavy atom. The number of pyridine rings is 1. The van der Waals surface area contributed by atoms with Crippen molar-refractivity contribution >= 4 is 28.6 Å². The minimum Gasteiger partial charge on any atom is -0.328 e. The van der Waals surface area contributed by atoms with Gasteiger partial charge in [-0.05, 0) is 87.7 Å². The third-order valence-electron chi connectivity index (χ3n) is 5.33. The maximum Gasteiger partial charge on any atom is 0.288 e. The molecule has 1 amide bonds. The van der Waals surface area contributed by atoms with Crippen LogP contribution in [0.1, 0.15) is 39.0 Å². The summed E-state index contributed by atoms with van der Waals surface area (Å²) in [5.41, 5.74) is 5.41. The number of carbonyl (C=O) groups is 1. The molecule has 1 aliphatic carbocycles. The number of halogens is 1. The summed E-state index contributed by atoms with van der Waals surface area (Å²) in [7, 11) is 0. The van der Waals surface area contributed by atoms with Crippen LogP contribution < -0.4 is 0 Å². The molecule has 1 aliphatic rings. The lowest BCUT2D eigenvalue weighted by molar-refractivity contribution is 0.190. The molecule has 0 saturated carbocycles. The summed E-state index contributed by atoms with van der Waals surface area (Å²) < 4.78 is 1.96. The summed E-state index contributed by atoms with van der Waals surface area (Å²) in [4.78, 5) is 19.2. The van der Waals surface area contributed by atoms with Crippen LogP contribution in [0.2, 0.25) is 5.02 Å². The Hall–Kier alpha value is -2.31. The molecular formula is C23H25ClN4OS. The Balaban J connectivity index is 1.84. The Morgan fingerprint density at radius 1 is 1.10 bits per heavy atom. The van der Waals surface area contributed by atoms with E-state index in [4.69, 9.17) is 16.7 Å². The van der Waals surface area contributed by atoms with Crippen molar-refractivity contribution in [2.45, 2.75) is 57.6 Å². The Bertz CT molecular complexity index is 1070. The van der Waals surface area contributed by atoms with Crippen LogP contribution in [0.3, 0.4) is 0 Å². The molecule has 5 nitrogen and oxygen atoms in total. The van der Waals surface area contributed by atoms with Crippen LogP contribution in [0, 0.1) is 0 Å². The first-order valence-electron chi connectivity index (χ1n) is 10.2. The standard InChI is InChI=1S/C23H25ClN4OS/c1-14(2)27(15(3)4)23(29)30-22-21-19-7-6-17(24)13-16(19)5-8-20(21)28(26-22)18-9-11-25-12-10-18/h6-7,9-15H,5,8H2,1-4H3. The Labute approximate surface area is 186 Å². The monoisotopic (exact) mass is 440 g/mol. The molecule has 4 rings (SSSR count). The molecule has 156 valence electrons. The molecule has 0 fully saturated rings. The van der Waals surface area contributed by atoms with E-state index in [1.165, 1.54) is 17.3 Å². The van der Waals surface area contributed by atoms with Crippen LogP contribution in [0.5, 0.6) is 0 Å². The van der Waals surface area contributed by atoms with Gasteiger partial charge in [-0.2, -0.15) is 5.10 Å². The van der Waals surface area contributed by atoms with Crippen molar-refractivity contribution in [3.63, 3.8) is 0 Å². The van der Waals surface area contributed by atoms with Crippen molar-refractivity contribution in [2.75, 3.05) is 0 Å². The van der Waals surface area contributed by atoms with E-state index >= 15 is 0 Å². The van der Waals surface area contributed by atoms with Gasteiger partial charge in [0.25, 0.3) is 5.24 Å². The average molecular weight is 441 g/mol. The van der Waals surface area contributed by atoms with Crippen LogP contribution in [-0.2, 0) is 12.8 Å². The third-order valence-corrected chi connectivity index (χ3v) is 6.43. The van der Waals surface area contributed by atoms with Gasteiger partial charge < -0.3 is 4.90 Å². The number of aryl methyl sites for hydroxylation is 1. The highest BCUT2D eigenvalue weighted by molar-refractivity contribution is 8.13. The van der Waals surface area contributed by atoms with Crippen molar-refractivity contribution in [1.82, 2.24) is 19.7 Å². The fraction of sp³-hybridized carbons (Fsp3) is 0.348. The predicted molar refractivity (Wildman–Crippen MR) is 123 cm³/mol. The van der Waals surface area contributed by atoms with Gasteiger partial charge in [-0.1, -0.05) is 17.7 Å². The predicted octanol–water partition coefficient (Wildman–Crippen LogP) is 6.02. The summed E-state index contributed by atoms with van der Waals surface area (Å²) >= 11 is 7.46. The smallest absolute Gasteiger partial charge is 0.288 e. The molecular weight excluding hydrogens is 416 g/mol. The van der Waals surface area contributed by atoms with Gasteiger partial charge in [0, 0.05) is 35.1 Å². The van der Waals surface area contributed by atoms with Gasteiger partial charge in [0.2, 0.25) is 0 Å². The zero-order valence-electron chi connectivity index (χ0n) is 17.6. The number of fused-ring (bicyclic) bond motifs is 3. The van der Waals surface area contributed by atoms with Crippen molar-refractivity contribution in [1.29, 1.82) is 0 Å². The molecule has 0 spiro atoms. The maximum atomic E-state index is 13.2. The second kappa shape index (κ2) is 8.44. The van der Waals surface area contributed by atoms with Gasteiger partial charge in [0.15, 0.2) is 0 Å². The van der Waals surface area contributed by atoms with Crippen molar-refractivity contribution in [3.8, 4) is 16.8 Å². The van der Waals surface area contributed by atoms with E-state index in [0.29, 0.717) is 0 Å². The molecule has 0 N–H and O–H groups in total. The summed E-state index contributed by atoms with van der Waals surface area (Å²) in [6.45, 7) is 8.17. The van der Waals surface area contributed by atoms with Crippen LogP contribution >= 0.6 is 23.4 Å². The quantitative estimate of drug-likeness (QED) is 0.465. The van der Waals surface area contributed by atoms with E-state index in [2.05, 4.69) is 4.98 Å². The van der Waals surface area contributed by atoms with E-state index in [0.717, 1.165) is 45.4 Å². The van der Waals surface area contributed by atoms with Gasteiger partial charge in [-0.25, -0.2) is 4.68 Å². The lowest BCUT2D eigenvalue weighted by atomic mass is 9.90. The zero-order chi connectivity index (χ0) is 21.4. The normalized spacial score (nSPS) is 12.8. The third kappa shape index (κ3) is 3.86. The number of benzene rings is 1. The molecule has 0 saturated heterocycles. The number of hydrogen-bond acceptors (Lipinski definition) is 4. The van der Waals surface area contributed by atoms with Gasteiger partial charge >= 0.3 is 0 Å². The fourth-order valence-corrected chi connectivity index (χ4v) is 5.46. The summed E-state index contributed by atoms with van der Waals surface area (Å²) in [5, 5.41) is 6.38. The summed E-state index contributed by atoms with van der Waals surface area (Å²) in [6, 6.07) is 10.1. The van der Waals surface area contributed by atoms with Gasteiger partial charge in [0.05, 0.1) is 11.4 Å². The molecule has 0 aliphatic heterocycles. The number of carbonyl (C=O) groups excluding carboxylic acids is 1. The molecule has 30 heavy (non-hydrogen) atoms. The lowest BCUT2D eigenvalue weighted by Gasteiger charge is -2.30. The Morgan fingerprint density at radius 2 is 1.80 bits per heavy atom. The van der Waals surface area contributed by atoms with E-state index < -0.39 is 0 Å². The molecule has 0 atom stereocenters. The van der Waals surface area contributed by atoms with Gasteiger partial charge in [0.1, 0.15) is 5.03 Å². The maximum absolute atomic E-state index is 13.2. The van der Waals surface area contributed by atoms with Crippen LogP contribution in [0.4, 0.5) is 4.79 Å². The van der Waals surface area contributed by atoms with Crippen molar-refractivity contribution in [3.05, 3.63) is 59.0 Å². The topological polar surface area (TPSA) is 51.0 Å². The SMILES string of the molecule is CC(C)N(C(=O)Sc1nn(-c2ccncc2)c2c1-c1ccc(Cl)cc1CC2)C(C)C. The summed E-state index contributed by atoms with van der Waals surface area (Å²) in [5.74, 6) is 0. The number of rotatable bonds is 4. The second-order valence-corrected chi connectivity index (χ2v) is 9.38. The average Bonchev–Trinajstić information content (AvgIpc) is 3.06. The highest BCUT2D eigenvalue weighted by atomic mass is 35.5. The highest BCUT2D eigenvalue weighted by Crippen LogP contribution is 2.42. The number of amides is 1. The number of thioether (sulfide) groups is 1. The number of hydrogen-bond donors (Lipinski definition) is 0. The zero-order valence-corrected chi connectivity index (χ0v) is 19.2. The van der Waals surface area contributed by atoms with Crippen LogP contribution in [0.25, 0.3) is 16.8 Å². The largest absolute Gasteiger partial charge is 0.328 e. The van der Waals surface area contributed by atoms with Gasteiger partial charge in [-0.15, -0.1) is 0 Å². The number of aromatic nitrogens is 3. The fourth-order valence-electron chi connectivity index (χ4n) is 4.12. The van der Waals surface area contributed by atoms with E-state index in [1.807, 2.05) is 67.6 Å². The van der Waals surface area contributed by atoms with Crippen LogP contribution in [0.15, 0.2) is 47.8 Å². The first kappa shape index (κ1) is 20.9. The molecule has 2 aromatic heterocycles. The van der Waals surface area contributed by atoms with Crippen LogP contribution in [-0.4, -0.2) is 37.0 Å². The first-order chi connectivity index (χ1) is 14.4.